The number of hydrogen-bond donors (Lipinski definition) is 1. The average molecular weight is 227 g/mol. The van der Waals surface area contributed by atoms with Gasteiger partial charge in [0.15, 0.2) is 0 Å². The monoisotopic (exact) mass is 227 g/mol. The van der Waals surface area contributed by atoms with E-state index in [9.17, 15) is 4.79 Å². The van der Waals surface area contributed by atoms with Gasteiger partial charge in [-0.1, -0.05) is 26.7 Å². The zero-order chi connectivity index (χ0) is 11.0. The summed E-state index contributed by atoms with van der Waals surface area (Å²) in [6.07, 6.45) is 4.43. The summed E-state index contributed by atoms with van der Waals surface area (Å²) in [5.41, 5.74) is 0. The summed E-state index contributed by atoms with van der Waals surface area (Å²) in [6, 6.07) is 0.485. The highest BCUT2D eigenvalue weighted by Crippen LogP contribution is 2.35. The van der Waals surface area contributed by atoms with E-state index in [-0.39, 0.29) is 5.25 Å². The highest BCUT2D eigenvalue weighted by Gasteiger charge is 2.38. The van der Waals surface area contributed by atoms with E-state index in [1.54, 1.807) is 0 Å². The number of likely N-dealkylation sites (tertiary alicyclic amines) is 1. The Balaban J connectivity index is 2.06. The van der Waals surface area contributed by atoms with E-state index < -0.39 is 0 Å². The molecule has 0 N–H and O–H groups in total. The normalized spacial score (nSPS) is 42.3. The molecule has 86 valence electrons. The molecule has 1 amide bonds. The first-order valence-corrected chi connectivity index (χ1v) is 6.58. The lowest BCUT2D eigenvalue weighted by Gasteiger charge is -2.39. The van der Waals surface area contributed by atoms with Gasteiger partial charge in [0.1, 0.15) is 0 Å². The molecule has 2 nitrogen and oxygen atoms in total. The molecule has 0 radical (unpaired) electrons. The van der Waals surface area contributed by atoms with Crippen molar-refractivity contribution in [2.75, 3.05) is 6.54 Å². The first-order chi connectivity index (χ1) is 7.09. The van der Waals surface area contributed by atoms with Crippen LogP contribution in [0.3, 0.4) is 0 Å². The van der Waals surface area contributed by atoms with Gasteiger partial charge < -0.3 is 4.90 Å². The van der Waals surface area contributed by atoms with Crippen molar-refractivity contribution >= 4 is 18.5 Å². The highest BCUT2D eigenvalue weighted by molar-refractivity contribution is 7.81. The van der Waals surface area contributed by atoms with Crippen molar-refractivity contribution in [1.29, 1.82) is 0 Å². The SMILES string of the molecule is CC1CCCC(N2CC(S)CC2=O)C1C. The van der Waals surface area contributed by atoms with Gasteiger partial charge in [-0.25, -0.2) is 0 Å². The van der Waals surface area contributed by atoms with Gasteiger partial charge >= 0.3 is 0 Å². The standard InChI is InChI=1S/C12H21NOS/c1-8-4-3-5-11(9(8)2)13-7-10(15)6-12(13)14/h8-11,15H,3-7H2,1-2H3. The summed E-state index contributed by atoms with van der Waals surface area (Å²) >= 11 is 4.42. The van der Waals surface area contributed by atoms with E-state index in [0.29, 0.717) is 24.3 Å². The smallest absolute Gasteiger partial charge is 0.224 e. The summed E-state index contributed by atoms with van der Waals surface area (Å²) in [5, 5.41) is 0.266. The number of carbonyl (C=O) groups is 1. The largest absolute Gasteiger partial charge is 0.338 e. The number of rotatable bonds is 1. The number of thiol groups is 1. The molecule has 15 heavy (non-hydrogen) atoms. The molecule has 4 atom stereocenters. The topological polar surface area (TPSA) is 20.3 Å². The molecule has 0 spiro atoms. The van der Waals surface area contributed by atoms with Crippen molar-refractivity contribution in [3.05, 3.63) is 0 Å². The Kier molecular flexibility index (Phi) is 3.29. The minimum atomic E-state index is 0.266. The van der Waals surface area contributed by atoms with Crippen LogP contribution in [0.1, 0.15) is 39.5 Å². The molecule has 4 unspecified atom stereocenters. The Labute approximate surface area is 97.8 Å². The van der Waals surface area contributed by atoms with Crippen LogP contribution in [0, 0.1) is 11.8 Å². The van der Waals surface area contributed by atoms with Crippen LogP contribution in [0.4, 0.5) is 0 Å². The van der Waals surface area contributed by atoms with Crippen LogP contribution >= 0.6 is 12.6 Å². The van der Waals surface area contributed by atoms with Crippen LogP contribution in [-0.2, 0) is 4.79 Å². The van der Waals surface area contributed by atoms with Gasteiger partial charge in [0.25, 0.3) is 0 Å². The number of nitrogens with zero attached hydrogens (tertiary/aromatic N) is 1. The second kappa shape index (κ2) is 4.36. The molecule has 1 aliphatic heterocycles. The fraction of sp³-hybridized carbons (Fsp3) is 0.917. The quantitative estimate of drug-likeness (QED) is 0.682. The van der Waals surface area contributed by atoms with Gasteiger partial charge in [0.05, 0.1) is 0 Å². The summed E-state index contributed by atoms with van der Waals surface area (Å²) in [4.78, 5) is 13.9. The predicted molar refractivity (Wildman–Crippen MR) is 65.1 cm³/mol. The molecule has 2 aliphatic rings. The van der Waals surface area contributed by atoms with E-state index in [1.807, 2.05) is 0 Å². The third-order valence-corrected chi connectivity index (χ3v) is 4.55. The van der Waals surface area contributed by atoms with E-state index in [0.717, 1.165) is 12.5 Å². The first kappa shape index (κ1) is 11.3. The van der Waals surface area contributed by atoms with Gasteiger partial charge in [-0.05, 0) is 18.3 Å². The molecular weight excluding hydrogens is 206 g/mol. The summed E-state index contributed by atoms with van der Waals surface area (Å²) < 4.78 is 0. The second-order valence-corrected chi connectivity index (χ2v) is 5.97. The summed E-state index contributed by atoms with van der Waals surface area (Å²) in [5.74, 6) is 1.73. The Morgan fingerprint density at radius 2 is 2.07 bits per heavy atom. The molecule has 1 aliphatic carbocycles. The first-order valence-electron chi connectivity index (χ1n) is 6.07. The van der Waals surface area contributed by atoms with Crippen LogP contribution in [0.15, 0.2) is 0 Å². The Hall–Kier alpha value is -0.180. The Morgan fingerprint density at radius 3 is 2.67 bits per heavy atom. The molecule has 1 saturated carbocycles. The lowest BCUT2D eigenvalue weighted by Crippen LogP contribution is -2.45. The highest BCUT2D eigenvalue weighted by atomic mass is 32.1. The fourth-order valence-corrected chi connectivity index (χ4v) is 3.36. The van der Waals surface area contributed by atoms with E-state index in [4.69, 9.17) is 0 Å². The molecule has 0 bridgehead atoms. The maximum atomic E-state index is 11.8. The van der Waals surface area contributed by atoms with Crippen molar-refractivity contribution in [3.63, 3.8) is 0 Å². The zero-order valence-electron chi connectivity index (χ0n) is 9.65. The Morgan fingerprint density at radius 1 is 1.33 bits per heavy atom. The van der Waals surface area contributed by atoms with Crippen LogP contribution < -0.4 is 0 Å². The lowest BCUT2D eigenvalue weighted by molar-refractivity contribution is -0.131. The molecule has 0 aromatic carbocycles. The average Bonchev–Trinajstić information content (AvgIpc) is 2.50. The fourth-order valence-electron chi connectivity index (χ4n) is 3.03. The van der Waals surface area contributed by atoms with Gasteiger partial charge in [-0.15, -0.1) is 0 Å². The van der Waals surface area contributed by atoms with Crippen molar-refractivity contribution in [2.24, 2.45) is 11.8 Å². The molecule has 0 aromatic heterocycles. The van der Waals surface area contributed by atoms with Crippen molar-refractivity contribution in [3.8, 4) is 0 Å². The van der Waals surface area contributed by atoms with Gasteiger partial charge in [-0.3, -0.25) is 4.79 Å². The third-order valence-electron chi connectivity index (χ3n) is 4.20. The van der Waals surface area contributed by atoms with Crippen molar-refractivity contribution in [2.45, 2.75) is 50.8 Å². The second-order valence-electron chi connectivity index (χ2n) is 5.24. The minimum absolute atomic E-state index is 0.266. The van der Waals surface area contributed by atoms with E-state index in [2.05, 4.69) is 31.4 Å². The zero-order valence-corrected chi connectivity index (χ0v) is 10.5. The van der Waals surface area contributed by atoms with Crippen LogP contribution in [-0.4, -0.2) is 28.6 Å². The maximum absolute atomic E-state index is 11.8. The molecular formula is C12H21NOS. The van der Waals surface area contributed by atoms with Crippen LogP contribution in [0.25, 0.3) is 0 Å². The molecule has 2 fully saturated rings. The van der Waals surface area contributed by atoms with Gasteiger partial charge in [-0.2, -0.15) is 12.6 Å². The summed E-state index contributed by atoms with van der Waals surface area (Å²) in [7, 11) is 0. The molecule has 3 heteroatoms. The van der Waals surface area contributed by atoms with Crippen molar-refractivity contribution < 1.29 is 4.79 Å². The van der Waals surface area contributed by atoms with Crippen LogP contribution in [0.5, 0.6) is 0 Å². The number of amides is 1. The Bertz CT molecular complexity index is 256. The van der Waals surface area contributed by atoms with E-state index >= 15 is 0 Å². The van der Waals surface area contributed by atoms with Crippen molar-refractivity contribution in [1.82, 2.24) is 4.90 Å². The molecule has 0 aromatic rings. The van der Waals surface area contributed by atoms with E-state index in [1.165, 1.54) is 19.3 Å². The number of carbonyl (C=O) groups excluding carboxylic acids is 1. The van der Waals surface area contributed by atoms with Gasteiger partial charge in [0, 0.05) is 24.3 Å². The lowest BCUT2D eigenvalue weighted by atomic mass is 9.77. The minimum Gasteiger partial charge on any atom is -0.338 e. The molecule has 2 rings (SSSR count). The molecule has 1 saturated heterocycles. The number of hydrogen-bond acceptors (Lipinski definition) is 2. The van der Waals surface area contributed by atoms with Gasteiger partial charge in [0.2, 0.25) is 5.91 Å². The summed E-state index contributed by atoms with van der Waals surface area (Å²) in [6.45, 7) is 5.48. The maximum Gasteiger partial charge on any atom is 0.224 e. The van der Waals surface area contributed by atoms with Crippen LogP contribution in [0.2, 0.25) is 0 Å². The predicted octanol–water partition coefficient (Wildman–Crippen LogP) is 2.34. The molecule has 1 heterocycles. The third kappa shape index (κ3) is 2.17.